The van der Waals surface area contributed by atoms with Gasteiger partial charge in [-0.3, -0.25) is 0 Å². The first-order valence-corrected chi connectivity index (χ1v) is 8.72. The van der Waals surface area contributed by atoms with Crippen molar-refractivity contribution in [2.24, 2.45) is 0 Å². The summed E-state index contributed by atoms with van der Waals surface area (Å²) < 4.78 is 13.5. The van der Waals surface area contributed by atoms with Crippen LogP contribution in [0.4, 0.5) is 4.39 Å². The topological polar surface area (TPSA) is 49.6 Å². The van der Waals surface area contributed by atoms with Gasteiger partial charge < -0.3 is 0 Å². The summed E-state index contributed by atoms with van der Waals surface area (Å²) in [6.45, 7) is 0. The van der Waals surface area contributed by atoms with Gasteiger partial charge in [0.1, 0.15) is 21.9 Å². The molecular formula is C19H14FN3S. The molecule has 0 unspecified atom stereocenters. The van der Waals surface area contributed by atoms with E-state index in [2.05, 4.69) is 28.4 Å². The van der Waals surface area contributed by atoms with Crippen LogP contribution in [-0.2, 0) is 12.8 Å². The van der Waals surface area contributed by atoms with E-state index in [1.54, 1.807) is 6.07 Å². The van der Waals surface area contributed by atoms with Crippen molar-refractivity contribution in [1.29, 1.82) is 5.26 Å². The molecule has 1 aromatic heterocycles. The third-order valence-electron chi connectivity index (χ3n) is 4.39. The molecule has 0 bridgehead atoms. The summed E-state index contributed by atoms with van der Waals surface area (Å²) in [5.74, 6) is -0.511. The highest BCUT2D eigenvalue weighted by molar-refractivity contribution is 7.17. The summed E-state index contributed by atoms with van der Waals surface area (Å²) in [6.07, 6.45) is 4.65. The molecule has 24 heavy (non-hydrogen) atoms. The molecule has 0 atom stereocenters. The number of aryl methyl sites for hydroxylation is 1. The van der Waals surface area contributed by atoms with E-state index in [9.17, 15) is 4.39 Å². The van der Waals surface area contributed by atoms with Gasteiger partial charge in [-0.2, -0.15) is 5.26 Å². The average Bonchev–Trinajstić information content (AvgIpc) is 3.11. The number of nitriles is 1. The van der Waals surface area contributed by atoms with Crippen molar-refractivity contribution in [3.63, 3.8) is 0 Å². The predicted octanol–water partition coefficient (Wildman–Crippen LogP) is 4.76. The maximum Gasteiger partial charge on any atom is 0.148 e. The number of hydrogen-bond donors (Lipinski definition) is 0. The van der Waals surface area contributed by atoms with Gasteiger partial charge in [0.15, 0.2) is 0 Å². The van der Waals surface area contributed by atoms with Crippen LogP contribution >= 0.6 is 11.3 Å². The van der Waals surface area contributed by atoms with Crippen molar-refractivity contribution < 1.29 is 4.39 Å². The molecule has 3 nitrogen and oxygen atoms in total. The standard InChI is InChI=1S/C19H14FN3S/c20-17-9-8-13(10-14(17)11-21)18-22-23-19(24-18)16-7-3-5-12-4-1-2-6-15(12)16/h3,5,7-10H,1-2,4,6H2. The highest BCUT2D eigenvalue weighted by Gasteiger charge is 2.17. The van der Waals surface area contributed by atoms with Crippen LogP contribution in [0.1, 0.15) is 29.5 Å². The van der Waals surface area contributed by atoms with E-state index in [0.717, 1.165) is 29.0 Å². The molecule has 0 N–H and O–H groups in total. The molecule has 1 aliphatic rings. The summed E-state index contributed by atoms with van der Waals surface area (Å²) in [7, 11) is 0. The number of hydrogen-bond acceptors (Lipinski definition) is 4. The number of nitrogens with zero attached hydrogens (tertiary/aromatic N) is 3. The highest BCUT2D eigenvalue weighted by Crippen LogP contribution is 2.35. The Labute approximate surface area is 143 Å². The fraction of sp³-hybridized carbons (Fsp3) is 0.211. The van der Waals surface area contributed by atoms with Crippen LogP contribution in [-0.4, -0.2) is 10.2 Å². The molecule has 2 aromatic carbocycles. The lowest BCUT2D eigenvalue weighted by molar-refractivity contribution is 0.624. The lowest BCUT2D eigenvalue weighted by atomic mass is 9.88. The molecule has 5 heteroatoms. The first-order chi connectivity index (χ1) is 11.8. The molecular weight excluding hydrogens is 321 g/mol. The van der Waals surface area contributed by atoms with Gasteiger partial charge in [0.25, 0.3) is 0 Å². The van der Waals surface area contributed by atoms with Gasteiger partial charge in [-0.15, -0.1) is 10.2 Å². The number of fused-ring (bicyclic) bond motifs is 1. The third kappa shape index (κ3) is 2.59. The molecule has 1 aliphatic carbocycles. The molecule has 0 saturated heterocycles. The summed E-state index contributed by atoms with van der Waals surface area (Å²) in [5, 5.41) is 19.2. The minimum atomic E-state index is -0.511. The van der Waals surface area contributed by atoms with Crippen molar-refractivity contribution in [2.45, 2.75) is 25.7 Å². The molecule has 0 saturated carbocycles. The Morgan fingerprint density at radius 1 is 1.04 bits per heavy atom. The molecule has 3 aromatic rings. The molecule has 1 heterocycles. The zero-order chi connectivity index (χ0) is 16.5. The highest BCUT2D eigenvalue weighted by atomic mass is 32.1. The molecule has 118 valence electrons. The van der Waals surface area contributed by atoms with Crippen LogP contribution in [0.25, 0.3) is 21.1 Å². The molecule has 0 amide bonds. The summed E-state index contributed by atoms with van der Waals surface area (Å²) >= 11 is 1.48. The van der Waals surface area contributed by atoms with E-state index >= 15 is 0 Å². The second-order valence-electron chi connectivity index (χ2n) is 5.87. The third-order valence-corrected chi connectivity index (χ3v) is 5.39. The van der Waals surface area contributed by atoms with Crippen LogP contribution in [0, 0.1) is 17.1 Å². The van der Waals surface area contributed by atoms with E-state index in [-0.39, 0.29) is 5.56 Å². The minimum absolute atomic E-state index is 0.0290. The fourth-order valence-corrected chi connectivity index (χ4v) is 4.07. The number of benzene rings is 2. The van der Waals surface area contributed by atoms with Crippen LogP contribution in [0.3, 0.4) is 0 Å². The smallest absolute Gasteiger partial charge is 0.148 e. The van der Waals surface area contributed by atoms with E-state index in [0.29, 0.717) is 5.01 Å². The lowest BCUT2D eigenvalue weighted by Gasteiger charge is -2.17. The number of rotatable bonds is 2. The molecule has 0 fully saturated rings. The Bertz CT molecular complexity index is 955. The maximum absolute atomic E-state index is 13.5. The molecule has 4 rings (SSSR count). The largest absolute Gasteiger partial charge is 0.206 e. The van der Waals surface area contributed by atoms with Crippen LogP contribution in [0.5, 0.6) is 0 Å². The molecule has 0 radical (unpaired) electrons. The molecule has 0 spiro atoms. The van der Waals surface area contributed by atoms with Gasteiger partial charge >= 0.3 is 0 Å². The van der Waals surface area contributed by atoms with Crippen LogP contribution < -0.4 is 0 Å². The van der Waals surface area contributed by atoms with Crippen LogP contribution in [0.2, 0.25) is 0 Å². The van der Waals surface area contributed by atoms with Gasteiger partial charge in [-0.05, 0) is 55.0 Å². The minimum Gasteiger partial charge on any atom is -0.206 e. The summed E-state index contributed by atoms with van der Waals surface area (Å²) in [5.41, 5.74) is 4.69. The number of halogens is 1. The average molecular weight is 335 g/mol. The zero-order valence-electron chi connectivity index (χ0n) is 12.9. The van der Waals surface area contributed by atoms with Gasteiger partial charge in [0, 0.05) is 11.1 Å². The quantitative estimate of drug-likeness (QED) is 0.678. The van der Waals surface area contributed by atoms with Crippen molar-refractivity contribution >= 4 is 11.3 Å². The van der Waals surface area contributed by atoms with E-state index in [1.807, 2.05) is 6.07 Å². The Morgan fingerprint density at radius 3 is 2.75 bits per heavy atom. The number of aromatic nitrogens is 2. The Morgan fingerprint density at radius 2 is 1.88 bits per heavy atom. The molecule has 0 aliphatic heterocycles. The zero-order valence-corrected chi connectivity index (χ0v) is 13.7. The SMILES string of the molecule is N#Cc1cc(-c2nnc(-c3cccc4c3CCCC4)s2)ccc1F. The van der Waals surface area contributed by atoms with Gasteiger partial charge in [0.05, 0.1) is 5.56 Å². The van der Waals surface area contributed by atoms with E-state index in [4.69, 9.17) is 5.26 Å². The Balaban J connectivity index is 1.75. The lowest BCUT2D eigenvalue weighted by Crippen LogP contribution is -2.04. The van der Waals surface area contributed by atoms with Crippen molar-refractivity contribution in [3.8, 4) is 27.2 Å². The summed E-state index contributed by atoms with van der Waals surface area (Å²) in [4.78, 5) is 0. The van der Waals surface area contributed by atoms with Gasteiger partial charge in [0.2, 0.25) is 0 Å². The van der Waals surface area contributed by atoms with Crippen molar-refractivity contribution in [1.82, 2.24) is 10.2 Å². The fourth-order valence-electron chi connectivity index (χ4n) is 3.17. The first kappa shape index (κ1) is 15.0. The normalized spacial score (nSPS) is 13.3. The van der Waals surface area contributed by atoms with Crippen molar-refractivity contribution in [3.05, 3.63) is 58.9 Å². The Hall–Kier alpha value is -2.58. The monoisotopic (exact) mass is 335 g/mol. The first-order valence-electron chi connectivity index (χ1n) is 7.91. The predicted molar refractivity (Wildman–Crippen MR) is 92.1 cm³/mol. The second-order valence-corrected chi connectivity index (χ2v) is 6.85. The second kappa shape index (κ2) is 6.14. The van der Waals surface area contributed by atoms with Gasteiger partial charge in [-0.1, -0.05) is 29.5 Å². The maximum atomic E-state index is 13.5. The van der Waals surface area contributed by atoms with E-state index < -0.39 is 5.82 Å². The summed E-state index contributed by atoms with van der Waals surface area (Å²) in [6, 6.07) is 12.7. The van der Waals surface area contributed by atoms with Crippen molar-refractivity contribution in [2.75, 3.05) is 0 Å². The Kier molecular flexibility index (Phi) is 3.83. The van der Waals surface area contributed by atoms with Gasteiger partial charge in [-0.25, -0.2) is 4.39 Å². The van der Waals surface area contributed by atoms with Crippen LogP contribution in [0.15, 0.2) is 36.4 Å². The van der Waals surface area contributed by atoms with E-state index in [1.165, 1.54) is 47.4 Å².